The van der Waals surface area contributed by atoms with E-state index in [1.807, 2.05) is 45.0 Å². The van der Waals surface area contributed by atoms with Crippen LogP contribution in [0.2, 0.25) is 0 Å². The lowest BCUT2D eigenvalue weighted by Crippen LogP contribution is -2.28. The Labute approximate surface area is 123 Å². The number of nitrogens with zero attached hydrogens (tertiary/aromatic N) is 2. The zero-order chi connectivity index (χ0) is 15.4. The molecule has 0 fully saturated rings. The van der Waals surface area contributed by atoms with Gasteiger partial charge in [-0.2, -0.15) is 0 Å². The maximum absolute atomic E-state index is 11.8. The van der Waals surface area contributed by atoms with Crippen molar-refractivity contribution in [3.05, 3.63) is 40.4 Å². The van der Waals surface area contributed by atoms with Crippen molar-refractivity contribution >= 4 is 0 Å². The Morgan fingerprint density at radius 3 is 2.76 bits per heavy atom. The molecule has 0 aliphatic carbocycles. The maximum Gasteiger partial charge on any atom is 0.441 e. The molecule has 114 valence electrons. The SMILES string of the molecule is Cc1ccccc1-c1noc(=O)n1C[C@H](O)COC(C)C. The monoisotopic (exact) mass is 292 g/mol. The van der Waals surface area contributed by atoms with Crippen molar-refractivity contribution < 1.29 is 14.4 Å². The Morgan fingerprint density at radius 2 is 2.10 bits per heavy atom. The molecule has 6 heteroatoms. The lowest BCUT2D eigenvalue weighted by Gasteiger charge is -2.14. The summed E-state index contributed by atoms with van der Waals surface area (Å²) in [5.41, 5.74) is 1.78. The van der Waals surface area contributed by atoms with Crippen LogP contribution in [-0.4, -0.2) is 33.6 Å². The number of aliphatic hydroxyl groups is 1. The summed E-state index contributed by atoms with van der Waals surface area (Å²) in [6.07, 6.45) is -0.776. The number of hydrogen-bond donors (Lipinski definition) is 1. The molecule has 0 amide bonds. The van der Waals surface area contributed by atoms with Crippen LogP contribution in [0.25, 0.3) is 11.4 Å². The van der Waals surface area contributed by atoms with Gasteiger partial charge >= 0.3 is 5.76 Å². The first-order chi connectivity index (χ1) is 9.99. The summed E-state index contributed by atoms with van der Waals surface area (Å²) in [4.78, 5) is 11.8. The average Bonchev–Trinajstić information content (AvgIpc) is 2.79. The molecule has 6 nitrogen and oxygen atoms in total. The van der Waals surface area contributed by atoms with E-state index < -0.39 is 11.9 Å². The molecular weight excluding hydrogens is 272 g/mol. The summed E-state index contributed by atoms with van der Waals surface area (Å²) in [5, 5.41) is 13.8. The Morgan fingerprint density at radius 1 is 1.38 bits per heavy atom. The Bertz CT molecular complexity index is 645. The first kappa shape index (κ1) is 15.5. The molecule has 2 rings (SSSR count). The van der Waals surface area contributed by atoms with E-state index in [0.29, 0.717) is 5.82 Å². The standard InChI is InChI=1S/C15H20N2O4/c1-10(2)20-9-12(18)8-17-14(16-21-15(17)19)13-7-5-4-6-11(13)3/h4-7,10,12,18H,8-9H2,1-3H3/t12-/m0/s1. The van der Waals surface area contributed by atoms with Crippen molar-refractivity contribution in [2.45, 2.75) is 39.5 Å². The van der Waals surface area contributed by atoms with Gasteiger partial charge in [-0.1, -0.05) is 29.4 Å². The fourth-order valence-electron chi connectivity index (χ4n) is 2.01. The van der Waals surface area contributed by atoms with Crippen LogP contribution in [0.5, 0.6) is 0 Å². The summed E-state index contributed by atoms with van der Waals surface area (Å²) in [6.45, 7) is 5.94. The Hall–Kier alpha value is -1.92. The topological polar surface area (TPSA) is 77.5 Å². The third-order valence-electron chi connectivity index (χ3n) is 3.09. The molecule has 0 spiro atoms. The molecular formula is C15H20N2O4. The second kappa shape index (κ2) is 6.69. The van der Waals surface area contributed by atoms with Crippen LogP contribution >= 0.6 is 0 Å². The number of aromatic nitrogens is 2. The molecule has 1 aromatic carbocycles. The van der Waals surface area contributed by atoms with Gasteiger partial charge in [-0.15, -0.1) is 0 Å². The van der Waals surface area contributed by atoms with Gasteiger partial charge in [0.2, 0.25) is 0 Å². The molecule has 0 radical (unpaired) electrons. The third-order valence-corrected chi connectivity index (χ3v) is 3.09. The smallest absolute Gasteiger partial charge is 0.389 e. The molecule has 0 saturated heterocycles. The van der Waals surface area contributed by atoms with Gasteiger partial charge in [0.05, 0.1) is 25.4 Å². The Kier molecular flexibility index (Phi) is 4.93. The lowest BCUT2D eigenvalue weighted by atomic mass is 10.1. The molecule has 0 saturated carbocycles. The zero-order valence-electron chi connectivity index (χ0n) is 12.4. The first-order valence-electron chi connectivity index (χ1n) is 6.91. The second-order valence-corrected chi connectivity index (χ2v) is 5.23. The minimum Gasteiger partial charge on any atom is -0.389 e. The summed E-state index contributed by atoms with van der Waals surface area (Å²) in [5.74, 6) is -0.168. The normalized spacial score (nSPS) is 12.8. The summed E-state index contributed by atoms with van der Waals surface area (Å²) >= 11 is 0. The van der Waals surface area contributed by atoms with Crippen LogP contribution < -0.4 is 5.76 Å². The van der Waals surface area contributed by atoms with Gasteiger partial charge in [0.25, 0.3) is 0 Å². The lowest BCUT2D eigenvalue weighted by molar-refractivity contribution is -0.00119. The molecule has 1 N–H and O–H groups in total. The van der Waals surface area contributed by atoms with Crippen molar-refractivity contribution in [3.63, 3.8) is 0 Å². The molecule has 0 bridgehead atoms. The predicted molar refractivity (Wildman–Crippen MR) is 78.0 cm³/mol. The summed E-state index contributed by atoms with van der Waals surface area (Å²) in [6, 6.07) is 7.56. The van der Waals surface area contributed by atoms with E-state index in [1.165, 1.54) is 4.57 Å². The molecule has 2 aromatic rings. The molecule has 1 atom stereocenters. The van der Waals surface area contributed by atoms with Crippen LogP contribution in [-0.2, 0) is 11.3 Å². The zero-order valence-corrected chi connectivity index (χ0v) is 12.4. The van der Waals surface area contributed by atoms with Crippen LogP contribution in [0.4, 0.5) is 0 Å². The second-order valence-electron chi connectivity index (χ2n) is 5.23. The number of aliphatic hydroxyl groups excluding tert-OH is 1. The van der Waals surface area contributed by atoms with E-state index in [9.17, 15) is 9.90 Å². The van der Waals surface area contributed by atoms with Gasteiger partial charge in [0.1, 0.15) is 0 Å². The number of ether oxygens (including phenoxy) is 1. The van der Waals surface area contributed by atoms with E-state index >= 15 is 0 Å². The van der Waals surface area contributed by atoms with E-state index in [2.05, 4.69) is 5.16 Å². The fourth-order valence-corrected chi connectivity index (χ4v) is 2.01. The molecule has 0 unspecified atom stereocenters. The van der Waals surface area contributed by atoms with E-state index in [1.54, 1.807) is 0 Å². The van der Waals surface area contributed by atoms with Crippen LogP contribution in [0.3, 0.4) is 0 Å². The van der Waals surface area contributed by atoms with Gasteiger partial charge in [0, 0.05) is 5.56 Å². The predicted octanol–water partition coefficient (Wildman–Crippen LogP) is 1.60. The van der Waals surface area contributed by atoms with E-state index in [4.69, 9.17) is 9.26 Å². The van der Waals surface area contributed by atoms with Gasteiger partial charge in [0.15, 0.2) is 5.82 Å². The number of benzene rings is 1. The first-order valence-corrected chi connectivity index (χ1v) is 6.91. The highest BCUT2D eigenvalue weighted by Gasteiger charge is 2.17. The molecule has 1 heterocycles. The van der Waals surface area contributed by atoms with Crippen LogP contribution in [0.15, 0.2) is 33.6 Å². The fraction of sp³-hybridized carbons (Fsp3) is 0.467. The van der Waals surface area contributed by atoms with Crippen molar-refractivity contribution in [2.24, 2.45) is 0 Å². The number of aryl methyl sites for hydroxylation is 1. The van der Waals surface area contributed by atoms with Crippen LogP contribution in [0.1, 0.15) is 19.4 Å². The quantitative estimate of drug-likeness (QED) is 0.875. The maximum atomic E-state index is 11.8. The minimum atomic E-state index is -0.799. The van der Waals surface area contributed by atoms with Crippen molar-refractivity contribution in [3.8, 4) is 11.4 Å². The van der Waals surface area contributed by atoms with Gasteiger partial charge < -0.3 is 9.84 Å². The highest BCUT2D eigenvalue weighted by Crippen LogP contribution is 2.20. The van der Waals surface area contributed by atoms with Crippen molar-refractivity contribution in [2.75, 3.05) is 6.61 Å². The van der Waals surface area contributed by atoms with E-state index in [-0.39, 0.29) is 19.3 Å². The summed E-state index contributed by atoms with van der Waals surface area (Å²) in [7, 11) is 0. The highest BCUT2D eigenvalue weighted by atomic mass is 16.5. The molecule has 1 aromatic heterocycles. The van der Waals surface area contributed by atoms with Crippen molar-refractivity contribution in [1.29, 1.82) is 0 Å². The van der Waals surface area contributed by atoms with Gasteiger partial charge in [-0.05, 0) is 26.3 Å². The molecule has 0 aliphatic heterocycles. The van der Waals surface area contributed by atoms with Gasteiger partial charge in [-0.25, -0.2) is 4.79 Å². The minimum absolute atomic E-state index is 0.0229. The Balaban J connectivity index is 2.23. The number of hydrogen-bond acceptors (Lipinski definition) is 5. The molecule has 0 aliphatic rings. The van der Waals surface area contributed by atoms with E-state index in [0.717, 1.165) is 11.1 Å². The molecule has 21 heavy (non-hydrogen) atoms. The van der Waals surface area contributed by atoms with Gasteiger partial charge in [-0.3, -0.25) is 9.09 Å². The third kappa shape index (κ3) is 3.80. The summed E-state index contributed by atoms with van der Waals surface area (Å²) < 4.78 is 11.4. The van der Waals surface area contributed by atoms with Crippen LogP contribution in [0, 0.1) is 6.92 Å². The van der Waals surface area contributed by atoms with Crippen molar-refractivity contribution in [1.82, 2.24) is 9.72 Å². The highest BCUT2D eigenvalue weighted by molar-refractivity contribution is 5.59. The number of rotatable bonds is 6. The average molecular weight is 292 g/mol. The largest absolute Gasteiger partial charge is 0.441 e.